The minimum absolute atomic E-state index is 0.0618. The van der Waals surface area contributed by atoms with Crippen LogP contribution in [0.1, 0.15) is 29.6 Å². The Morgan fingerprint density at radius 1 is 1.55 bits per heavy atom. The standard InChI is InChI=1S/C14H18N2O4/c1-20-10-3-4-12(17)11(8-10)14(19)15-7-6-9-2-5-13(18)16-9/h3-4,8-9,17H,2,5-7H2,1H3,(H,15,19)(H,16,18)/t9-/m0/s1. The number of carbonyl (C=O) groups is 2. The summed E-state index contributed by atoms with van der Waals surface area (Å²) >= 11 is 0. The quantitative estimate of drug-likeness (QED) is 0.743. The fraction of sp³-hybridized carbons (Fsp3) is 0.429. The van der Waals surface area contributed by atoms with Crippen LogP contribution < -0.4 is 15.4 Å². The molecule has 6 heteroatoms. The van der Waals surface area contributed by atoms with Crippen LogP contribution in [0, 0.1) is 0 Å². The normalized spacial score (nSPS) is 17.6. The summed E-state index contributed by atoms with van der Waals surface area (Å²) in [6, 6.07) is 4.62. The van der Waals surface area contributed by atoms with Gasteiger partial charge in [0.15, 0.2) is 0 Å². The van der Waals surface area contributed by atoms with Crippen LogP contribution in [0.3, 0.4) is 0 Å². The van der Waals surface area contributed by atoms with Crippen LogP contribution >= 0.6 is 0 Å². The lowest BCUT2D eigenvalue weighted by Gasteiger charge is -2.11. The Balaban J connectivity index is 1.87. The lowest BCUT2D eigenvalue weighted by atomic mass is 10.1. The fourth-order valence-corrected chi connectivity index (χ4v) is 2.17. The molecule has 0 radical (unpaired) electrons. The molecule has 3 N–H and O–H groups in total. The number of phenolic OH excluding ortho intramolecular Hbond substituents is 1. The lowest BCUT2D eigenvalue weighted by molar-refractivity contribution is -0.119. The summed E-state index contributed by atoms with van der Waals surface area (Å²) in [6.45, 7) is 0.445. The van der Waals surface area contributed by atoms with E-state index in [0.29, 0.717) is 25.1 Å². The predicted octanol–water partition coefficient (Wildman–Crippen LogP) is 0.799. The molecule has 0 aromatic heterocycles. The minimum atomic E-state index is -0.356. The Morgan fingerprint density at radius 3 is 3.00 bits per heavy atom. The van der Waals surface area contributed by atoms with Gasteiger partial charge in [0, 0.05) is 19.0 Å². The number of amides is 2. The van der Waals surface area contributed by atoms with Crippen molar-refractivity contribution in [1.29, 1.82) is 0 Å². The number of ether oxygens (including phenoxy) is 1. The number of methoxy groups -OCH3 is 1. The molecule has 0 unspecified atom stereocenters. The molecule has 20 heavy (non-hydrogen) atoms. The Labute approximate surface area is 117 Å². The van der Waals surface area contributed by atoms with Crippen LogP contribution in [0.25, 0.3) is 0 Å². The van der Waals surface area contributed by atoms with E-state index in [1.165, 1.54) is 19.2 Å². The molecule has 0 aliphatic carbocycles. The molecule has 1 heterocycles. The summed E-state index contributed by atoms with van der Waals surface area (Å²) in [5.41, 5.74) is 0.180. The Hall–Kier alpha value is -2.24. The van der Waals surface area contributed by atoms with E-state index < -0.39 is 0 Å². The zero-order valence-corrected chi connectivity index (χ0v) is 11.3. The van der Waals surface area contributed by atoms with E-state index in [-0.39, 0.29) is 29.2 Å². The largest absolute Gasteiger partial charge is 0.507 e. The first-order valence-corrected chi connectivity index (χ1v) is 6.54. The molecule has 6 nitrogen and oxygen atoms in total. The van der Waals surface area contributed by atoms with E-state index in [1.54, 1.807) is 6.07 Å². The number of rotatable bonds is 5. The molecule has 0 spiro atoms. The number of carbonyl (C=O) groups excluding carboxylic acids is 2. The van der Waals surface area contributed by atoms with E-state index in [2.05, 4.69) is 10.6 Å². The summed E-state index contributed by atoms with van der Waals surface area (Å²) in [6.07, 6.45) is 2.04. The third-order valence-corrected chi connectivity index (χ3v) is 3.31. The number of hydrogen-bond donors (Lipinski definition) is 3. The van der Waals surface area contributed by atoms with Crippen LogP contribution in [0.2, 0.25) is 0 Å². The highest BCUT2D eigenvalue weighted by Gasteiger charge is 2.20. The third-order valence-electron chi connectivity index (χ3n) is 3.31. The van der Waals surface area contributed by atoms with Crippen molar-refractivity contribution in [3.05, 3.63) is 23.8 Å². The van der Waals surface area contributed by atoms with Gasteiger partial charge in [0.2, 0.25) is 5.91 Å². The van der Waals surface area contributed by atoms with Gasteiger partial charge in [-0.3, -0.25) is 9.59 Å². The Kier molecular flexibility index (Phi) is 4.45. The van der Waals surface area contributed by atoms with Gasteiger partial charge < -0.3 is 20.5 Å². The summed E-state index contributed by atoms with van der Waals surface area (Å²) in [7, 11) is 1.50. The second kappa shape index (κ2) is 6.27. The van der Waals surface area contributed by atoms with Gasteiger partial charge in [-0.2, -0.15) is 0 Å². The van der Waals surface area contributed by atoms with Gasteiger partial charge in [-0.15, -0.1) is 0 Å². The fourth-order valence-electron chi connectivity index (χ4n) is 2.17. The maximum absolute atomic E-state index is 12.0. The SMILES string of the molecule is COc1ccc(O)c(C(=O)NCC[C@@H]2CCC(=O)N2)c1. The lowest BCUT2D eigenvalue weighted by Crippen LogP contribution is -2.31. The first-order valence-electron chi connectivity index (χ1n) is 6.54. The van der Waals surface area contributed by atoms with Crippen LogP contribution in [-0.2, 0) is 4.79 Å². The first kappa shape index (κ1) is 14.2. The molecule has 1 saturated heterocycles. The molecule has 2 amide bonds. The second-order valence-corrected chi connectivity index (χ2v) is 4.73. The first-order chi connectivity index (χ1) is 9.60. The average Bonchev–Trinajstić information content (AvgIpc) is 2.85. The maximum atomic E-state index is 12.0. The van der Waals surface area contributed by atoms with E-state index in [0.717, 1.165) is 6.42 Å². The number of hydrogen-bond acceptors (Lipinski definition) is 4. The topological polar surface area (TPSA) is 87.7 Å². The van der Waals surface area contributed by atoms with Crippen molar-refractivity contribution in [2.24, 2.45) is 0 Å². The maximum Gasteiger partial charge on any atom is 0.255 e. The zero-order chi connectivity index (χ0) is 14.5. The molecule has 1 aliphatic heterocycles. The average molecular weight is 278 g/mol. The van der Waals surface area contributed by atoms with Gasteiger partial charge in [-0.1, -0.05) is 0 Å². The third kappa shape index (κ3) is 3.40. The van der Waals surface area contributed by atoms with Crippen molar-refractivity contribution in [1.82, 2.24) is 10.6 Å². The highest BCUT2D eigenvalue weighted by atomic mass is 16.5. The number of aromatic hydroxyl groups is 1. The van der Waals surface area contributed by atoms with Crippen LogP contribution in [0.5, 0.6) is 11.5 Å². The van der Waals surface area contributed by atoms with Crippen molar-refractivity contribution >= 4 is 11.8 Å². The predicted molar refractivity (Wildman–Crippen MR) is 72.8 cm³/mol. The van der Waals surface area contributed by atoms with E-state index in [9.17, 15) is 14.7 Å². The number of benzene rings is 1. The minimum Gasteiger partial charge on any atom is -0.507 e. The molecule has 0 bridgehead atoms. The van der Waals surface area contributed by atoms with Gasteiger partial charge in [-0.25, -0.2) is 0 Å². The van der Waals surface area contributed by atoms with Crippen molar-refractivity contribution in [2.45, 2.75) is 25.3 Å². The van der Waals surface area contributed by atoms with Crippen molar-refractivity contribution in [3.63, 3.8) is 0 Å². The molecular formula is C14H18N2O4. The van der Waals surface area contributed by atoms with Gasteiger partial charge in [0.25, 0.3) is 5.91 Å². The van der Waals surface area contributed by atoms with Crippen LogP contribution in [0.4, 0.5) is 0 Å². The molecule has 0 saturated carbocycles. The van der Waals surface area contributed by atoms with Gasteiger partial charge in [-0.05, 0) is 31.0 Å². The summed E-state index contributed by atoms with van der Waals surface area (Å²) in [4.78, 5) is 23.0. The Morgan fingerprint density at radius 2 is 2.35 bits per heavy atom. The van der Waals surface area contributed by atoms with Crippen LogP contribution in [0.15, 0.2) is 18.2 Å². The molecular weight excluding hydrogens is 260 g/mol. The molecule has 1 aromatic carbocycles. The second-order valence-electron chi connectivity index (χ2n) is 4.73. The summed E-state index contributed by atoms with van der Waals surface area (Å²) in [5.74, 6) is 0.131. The summed E-state index contributed by atoms with van der Waals surface area (Å²) in [5, 5.41) is 15.2. The highest BCUT2D eigenvalue weighted by molar-refractivity contribution is 5.97. The number of nitrogens with one attached hydrogen (secondary N) is 2. The molecule has 1 aliphatic rings. The molecule has 108 valence electrons. The van der Waals surface area contributed by atoms with E-state index >= 15 is 0 Å². The molecule has 1 fully saturated rings. The van der Waals surface area contributed by atoms with Gasteiger partial charge in [0.1, 0.15) is 11.5 Å². The van der Waals surface area contributed by atoms with E-state index in [4.69, 9.17) is 4.74 Å². The summed E-state index contributed by atoms with van der Waals surface area (Å²) < 4.78 is 5.02. The van der Waals surface area contributed by atoms with Crippen LogP contribution in [-0.4, -0.2) is 36.6 Å². The van der Waals surface area contributed by atoms with Crippen molar-refractivity contribution in [2.75, 3.05) is 13.7 Å². The smallest absolute Gasteiger partial charge is 0.255 e. The van der Waals surface area contributed by atoms with Gasteiger partial charge >= 0.3 is 0 Å². The zero-order valence-electron chi connectivity index (χ0n) is 11.3. The van der Waals surface area contributed by atoms with E-state index in [1.807, 2.05) is 0 Å². The van der Waals surface area contributed by atoms with Crippen molar-refractivity contribution < 1.29 is 19.4 Å². The van der Waals surface area contributed by atoms with Crippen molar-refractivity contribution in [3.8, 4) is 11.5 Å². The monoisotopic (exact) mass is 278 g/mol. The Bertz CT molecular complexity index is 516. The molecule has 1 aromatic rings. The number of phenols is 1. The molecule has 1 atom stereocenters. The highest BCUT2D eigenvalue weighted by Crippen LogP contribution is 2.22. The molecule has 2 rings (SSSR count). The van der Waals surface area contributed by atoms with Gasteiger partial charge in [0.05, 0.1) is 12.7 Å².